The van der Waals surface area contributed by atoms with Gasteiger partial charge in [0.05, 0.1) is 5.56 Å². The first-order valence-corrected chi connectivity index (χ1v) is 8.86. The van der Waals surface area contributed by atoms with E-state index in [1.807, 2.05) is 0 Å². The van der Waals surface area contributed by atoms with E-state index in [1.165, 1.54) is 6.07 Å². The first-order chi connectivity index (χ1) is 11.4. The van der Waals surface area contributed by atoms with E-state index < -0.39 is 23.4 Å². The number of carbonyl (C=O) groups is 1. The fourth-order valence-electron chi connectivity index (χ4n) is 2.81. The minimum Gasteiger partial charge on any atom is -0.444 e. The number of rotatable bonds is 3. The average Bonchev–Trinajstić information content (AvgIpc) is 2.84. The van der Waals surface area contributed by atoms with Crippen LogP contribution in [0, 0.1) is 0 Å². The van der Waals surface area contributed by atoms with Gasteiger partial charge in [0.1, 0.15) is 5.60 Å². The van der Waals surface area contributed by atoms with Crippen LogP contribution in [-0.2, 0) is 10.9 Å². The summed E-state index contributed by atoms with van der Waals surface area (Å²) < 4.78 is 45.1. The minimum absolute atomic E-state index is 0.0543. The predicted molar refractivity (Wildman–Crippen MR) is 93.6 cm³/mol. The monoisotopic (exact) mass is 422 g/mol. The fourth-order valence-corrected chi connectivity index (χ4v) is 3.18. The van der Waals surface area contributed by atoms with Gasteiger partial charge in [-0.15, -0.1) is 0 Å². The highest BCUT2D eigenvalue weighted by molar-refractivity contribution is 9.10. The smallest absolute Gasteiger partial charge is 0.418 e. The molecule has 2 atom stereocenters. The molecule has 0 aromatic heterocycles. The van der Waals surface area contributed by atoms with Crippen LogP contribution in [0.3, 0.4) is 0 Å². The molecule has 140 valence electrons. The lowest BCUT2D eigenvalue weighted by Crippen LogP contribution is -2.38. The fraction of sp³-hybridized carbons (Fsp3) is 0.588. The Labute approximate surface area is 153 Å². The van der Waals surface area contributed by atoms with Gasteiger partial charge in [-0.3, -0.25) is 0 Å². The lowest BCUT2D eigenvalue weighted by Gasteiger charge is -2.22. The summed E-state index contributed by atoms with van der Waals surface area (Å²) in [6.07, 6.45) is -3.02. The number of alkyl halides is 3. The van der Waals surface area contributed by atoms with E-state index in [1.54, 1.807) is 26.8 Å². The molecule has 2 N–H and O–H groups in total. The Bertz CT molecular complexity index is 629. The van der Waals surface area contributed by atoms with Crippen LogP contribution < -0.4 is 10.6 Å². The van der Waals surface area contributed by atoms with Crippen molar-refractivity contribution in [2.24, 2.45) is 0 Å². The van der Waals surface area contributed by atoms with Gasteiger partial charge in [-0.25, -0.2) is 4.79 Å². The molecule has 1 aliphatic carbocycles. The van der Waals surface area contributed by atoms with Crippen molar-refractivity contribution in [2.45, 2.75) is 63.9 Å². The van der Waals surface area contributed by atoms with Gasteiger partial charge in [0, 0.05) is 22.2 Å². The molecular formula is C17H22BrF3N2O2. The molecule has 0 spiro atoms. The maximum absolute atomic E-state index is 13.2. The van der Waals surface area contributed by atoms with Crippen LogP contribution in [0.15, 0.2) is 22.7 Å². The summed E-state index contributed by atoms with van der Waals surface area (Å²) in [5, 5.41) is 5.74. The number of anilines is 1. The van der Waals surface area contributed by atoms with Crippen molar-refractivity contribution >= 4 is 27.7 Å². The quantitative estimate of drug-likeness (QED) is 0.692. The molecule has 1 saturated carbocycles. The van der Waals surface area contributed by atoms with Gasteiger partial charge < -0.3 is 15.4 Å². The maximum Gasteiger partial charge on any atom is 0.418 e. The van der Waals surface area contributed by atoms with Crippen LogP contribution in [0.2, 0.25) is 0 Å². The molecule has 2 unspecified atom stereocenters. The number of halogens is 4. The Kier molecular flexibility index (Phi) is 5.91. The van der Waals surface area contributed by atoms with Crippen molar-refractivity contribution in [2.75, 3.05) is 5.32 Å². The number of nitrogens with one attached hydrogen (secondary N) is 2. The highest BCUT2D eigenvalue weighted by Crippen LogP contribution is 2.37. The molecule has 1 aliphatic rings. The SMILES string of the molecule is CC(C)(C)OC(=O)NC1CCC(Nc2ccc(Br)cc2C(F)(F)F)C1. The van der Waals surface area contributed by atoms with E-state index in [9.17, 15) is 18.0 Å². The number of alkyl carbamates (subject to hydrolysis) is 1. The second-order valence-corrected chi connectivity index (χ2v) is 8.10. The normalized spacial score (nSPS) is 21.1. The van der Waals surface area contributed by atoms with Crippen molar-refractivity contribution < 1.29 is 22.7 Å². The van der Waals surface area contributed by atoms with E-state index >= 15 is 0 Å². The predicted octanol–water partition coefficient (Wildman–Crippen LogP) is 5.33. The number of ether oxygens (including phenoxy) is 1. The van der Waals surface area contributed by atoms with Gasteiger partial charge >= 0.3 is 12.3 Å². The summed E-state index contributed by atoms with van der Waals surface area (Å²) in [5.41, 5.74) is -1.23. The molecular weight excluding hydrogens is 401 g/mol. The van der Waals surface area contributed by atoms with Crippen LogP contribution in [0.1, 0.15) is 45.6 Å². The van der Waals surface area contributed by atoms with Gasteiger partial charge in [-0.05, 0) is 58.2 Å². The summed E-state index contributed by atoms with van der Waals surface area (Å²) >= 11 is 3.07. The third-order valence-corrected chi connectivity index (χ3v) is 4.29. The van der Waals surface area contributed by atoms with E-state index in [2.05, 4.69) is 26.6 Å². The zero-order valence-electron chi connectivity index (χ0n) is 14.3. The topological polar surface area (TPSA) is 50.4 Å². The number of hydrogen-bond donors (Lipinski definition) is 2. The van der Waals surface area contributed by atoms with Crippen LogP contribution in [0.25, 0.3) is 0 Å². The molecule has 0 saturated heterocycles. The summed E-state index contributed by atoms with van der Waals surface area (Å²) in [7, 11) is 0. The molecule has 0 radical (unpaired) electrons. The van der Waals surface area contributed by atoms with Crippen LogP contribution in [0.5, 0.6) is 0 Å². The highest BCUT2D eigenvalue weighted by atomic mass is 79.9. The lowest BCUT2D eigenvalue weighted by atomic mass is 10.1. The Hall–Kier alpha value is -1.44. The van der Waals surface area contributed by atoms with Gasteiger partial charge in [-0.1, -0.05) is 15.9 Å². The number of hydrogen-bond acceptors (Lipinski definition) is 3. The molecule has 0 heterocycles. The second-order valence-electron chi connectivity index (χ2n) is 7.19. The van der Waals surface area contributed by atoms with Crippen LogP contribution in [-0.4, -0.2) is 23.8 Å². The largest absolute Gasteiger partial charge is 0.444 e. The average molecular weight is 423 g/mol. The van der Waals surface area contributed by atoms with E-state index in [0.29, 0.717) is 23.7 Å². The van der Waals surface area contributed by atoms with Crippen molar-refractivity contribution in [1.29, 1.82) is 0 Å². The molecule has 0 bridgehead atoms. The standard InChI is InChI=1S/C17H22BrF3N2O2/c1-16(2,3)25-15(24)23-12-6-5-11(9-12)22-14-7-4-10(18)8-13(14)17(19,20)21/h4,7-8,11-12,22H,5-6,9H2,1-3H3,(H,23,24). The Morgan fingerprint density at radius 3 is 2.44 bits per heavy atom. The first-order valence-electron chi connectivity index (χ1n) is 8.07. The van der Waals surface area contributed by atoms with Crippen LogP contribution in [0.4, 0.5) is 23.7 Å². The van der Waals surface area contributed by atoms with E-state index in [-0.39, 0.29) is 17.8 Å². The Morgan fingerprint density at radius 1 is 1.20 bits per heavy atom. The summed E-state index contributed by atoms with van der Waals surface area (Å²) in [6, 6.07) is 3.80. The van der Waals surface area contributed by atoms with E-state index in [4.69, 9.17) is 4.74 Å². The van der Waals surface area contributed by atoms with Gasteiger partial charge in [-0.2, -0.15) is 13.2 Å². The molecule has 2 rings (SSSR count). The second kappa shape index (κ2) is 7.43. The molecule has 1 amide bonds. The Balaban J connectivity index is 1.97. The summed E-state index contributed by atoms with van der Waals surface area (Å²) in [6.45, 7) is 5.33. The van der Waals surface area contributed by atoms with E-state index in [0.717, 1.165) is 6.07 Å². The van der Waals surface area contributed by atoms with Crippen molar-refractivity contribution in [3.05, 3.63) is 28.2 Å². The zero-order chi connectivity index (χ0) is 18.8. The number of benzene rings is 1. The lowest BCUT2D eigenvalue weighted by molar-refractivity contribution is -0.137. The summed E-state index contributed by atoms with van der Waals surface area (Å²) in [4.78, 5) is 11.8. The van der Waals surface area contributed by atoms with Gasteiger partial charge in [0.25, 0.3) is 0 Å². The third-order valence-electron chi connectivity index (χ3n) is 3.80. The van der Waals surface area contributed by atoms with Gasteiger partial charge in [0.15, 0.2) is 0 Å². The molecule has 0 aliphatic heterocycles. The molecule has 1 aromatic carbocycles. The molecule has 25 heavy (non-hydrogen) atoms. The van der Waals surface area contributed by atoms with Crippen LogP contribution >= 0.6 is 15.9 Å². The molecule has 1 fully saturated rings. The van der Waals surface area contributed by atoms with Gasteiger partial charge in [0.2, 0.25) is 0 Å². The maximum atomic E-state index is 13.2. The zero-order valence-corrected chi connectivity index (χ0v) is 15.9. The summed E-state index contributed by atoms with van der Waals surface area (Å²) in [5.74, 6) is 0. The molecule has 8 heteroatoms. The number of amides is 1. The van der Waals surface area contributed by atoms with Crippen molar-refractivity contribution in [1.82, 2.24) is 5.32 Å². The minimum atomic E-state index is -4.43. The number of carbonyl (C=O) groups excluding carboxylic acids is 1. The highest BCUT2D eigenvalue weighted by Gasteiger charge is 2.35. The van der Waals surface area contributed by atoms with Crippen molar-refractivity contribution in [3.8, 4) is 0 Å². The molecule has 4 nitrogen and oxygen atoms in total. The molecule has 1 aromatic rings. The third kappa shape index (κ3) is 6.09. The van der Waals surface area contributed by atoms with Crippen molar-refractivity contribution in [3.63, 3.8) is 0 Å². The Morgan fingerprint density at radius 2 is 1.84 bits per heavy atom. The first kappa shape index (κ1) is 19.9.